The SMILES string of the molecule is COC(=O)Cc1ccc(N2C(=O)C(=O)/C(=C(\O)c3ccc(Cl)c(Cl)c3)C2c2cccc(C)c2)cc1. The van der Waals surface area contributed by atoms with Gasteiger partial charge in [-0.1, -0.05) is 65.2 Å². The Hall–Kier alpha value is -3.61. The lowest BCUT2D eigenvalue weighted by atomic mass is 9.94. The average Bonchev–Trinajstić information content (AvgIpc) is 3.11. The number of Topliss-reactive ketones (excluding diaryl/α,β-unsaturated/α-hetero) is 1. The average molecular weight is 510 g/mol. The van der Waals surface area contributed by atoms with Gasteiger partial charge in [0.2, 0.25) is 0 Å². The number of ketones is 1. The number of carbonyl (C=O) groups excluding carboxylic acids is 3. The highest BCUT2D eigenvalue weighted by Gasteiger charge is 2.47. The lowest BCUT2D eigenvalue weighted by molar-refractivity contribution is -0.139. The van der Waals surface area contributed by atoms with E-state index in [1.807, 2.05) is 25.1 Å². The molecule has 1 saturated heterocycles. The predicted molar refractivity (Wildman–Crippen MR) is 135 cm³/mol. The van der Waals surface area contributed by atoms with Gasteiger partial charge in [-0.3, -0.25) is 19.3 Å². The number of methoxy groups -OCH3 is 1. The molecule has 6 nitrogen and oxygen atoms in total. The van der Waals surface area contributed by atoms with E-state index in [1.165, 1.54) is 30.2 Å². The maximum absolute atomic E-state index is 13.3. The minimum atomic E-state index is -0.879. The molecule has 178 valence electrons. The number of hydrogen-bond acceptors (Lipinski definition) is 5. The summed E-state index contributed by atoms with van der Waals surface area (Å²) in [6, 6.07) is 17.7. The Labute approximate surface area is 212 Å². The summed E-state index contributed by atoms with van der Waals surface area (Å²) >= 11 is 12.1. The van der Waals surface area contributed by atoms with Gasteiger partial charge in [0, 0.05) is 11.3 Å². The third kappa shape index (κ3) is 4.81. The number of aryl methyl sites for hydroxylation is 1. The molecule has 1 heterocycles. The normalized spacial score (nSPS) is 17.0. The first kappa shape index (κ1) is 24.5. The van der Waals surface area contributed by atoms with Crippen molar-refractivity contribution in [1.82, 2.24) is 0 Å². The quantitative estimate of drug-likeness (QED) is 0.208. The van der Waals surface area contributed by atoms with Crippen molar-refractivity contribution in [1.29, 1.82) is 0 Å². The van der Waals surface area contributed by atoms with Gasteiger partial charge in [0.05, 0.1) is 35.2 Å². The van der Waals surface area contributed by atoms with Crippen molar-refractivity contribution in [3.8, 4) is 0 Å². The second kappa shape index (κ2) is 9.94. The molecule has 0 spiro atoms. The number of anilines is 1. The van der Waals surface area contributed by atoms with Gasteiger partial charge >= 0.3 is 5.97 Å². The summed E-state index contributed by atoms with van der Waals surface area (Å²) in [5, 5.41) is 11.7. The monoisotopic (exact) mass is 509 g/mol. The third-order valence-electron chi connectivity index (χ3n) is 5.79. The summed E-state index contributed by atoms with van der Waals surface area (Å²) in [5.41, 5.74) is 2.93. The predicted octanol–water partition coefficient (Wildman–Crippen LogP) is 5.64. The van der Waals surface area contributed by atoms with Gasteiger partial charge in [-0.25, -0.2) is 0 Å². The first-order valence-electron chi connectivity index (χ1n) is 10.7. The van der Waals surface area contributed by atoms with Crippen LogP contribution >= 0.6 is 23.2 Å². The second-order valence-corrected chi connectivity index (χ2v) is 8.95. The maximum Gasteiger partial charge on any atom is 0.309 e. The Balaban J connectivity index is 1.86. The van der Waals surface area contributed by atoms with Crippen LogP contribution in [0.25, 0.3) is 5.76 Å². The number of esters is 1. The fraction of sp³-hybridized carbons (Fsp3) is 0.148. The molecule has 8 heteroatoms. The molecule has 1 aliphatic rings. The van der Waals surface area contributed by atoms with Crippen molar-refractivity contribution < 1.29 is 24.2 Å². The van der Waals surface area contributed by atoms with E-state index in [0.717, 1.165) is 5.56 Å². The molecule has 1 aliphatic heterocycles. The summed E-state index contributed by atoms with van der Waals surface area (Å²) in [6.07, 6.45) is 0.0776. The van der Waals surface area contributed by atoms with Crippen LogP contribution in [-0.2, 0) is 25.5 Å². The van der Waals surface area contributed by atoms with Crippen molar-refractivity contribution in [2.24, 2.45) is 0 Å². The number of halogens is 2. The van der Waals surface area contributed by atoms with E-state index >= 15 is 0 Å². The number of nitrogens with zero attached hydrogens (tertiary/aromatic N) is 1. The van der Waals surface area contributed by atoms with E-state index in [2.05, 4.69) is 0 Å². The highest BCUT2D eigenvalue weighted by atomic mass is 35.5. The van der Waals surface area contributed by atoms with Crippen LogP contribution in [0.4, 0.5) is 5.69 Å². The molecule has 1 N–H and O–H groups in total. The molecule has 1 fully saturated rings. The maximum atomic E-state index is 13.3. The van der Waals surface area contributed by atoms with E-state index in [1.54, 1.807) is 30.3 Å². The van der Waals surface area contributed by atoms with Crippen molar-refractivity contribution in [2.45, 2.75) is 19.4 Å². The van der Waals surface area contributed by atoms with Crippen molar-refractivity contribution in [3.63, 3.8) is 0 Å². The van der Waals surface area contributed by atoms with Gasteiger partial charge in [-0.2, -0.15) is 0 Å². The van der Waals surface area contributed by atoms with Gasteiger partial charge < -0.3 is 9.84 Å². The van der Waals surface area contributed by atoms with Crippen molar-refractivity contribution in [3.05, 3.63) is 105 Å². The van der Waals surface area contributed by atoms with E-state index in [4.69, 9.17) is 27.9 Å². The lowest BCUT2D eigenvalue weighted by Crippen LogP contribution is -2.29. The van der Waals surface area contributed by atoms with Crippen LogP contribution in [0.3, 0.4) is 0 Å². The van der Waals surface area contributed by atoms with Crippen LogP contribution < -0.4 is 4.90 Å². The molecule has 4 rings (SSSR count). The highest BCUT2D eigenvalue weighted by Crippen LogP contribution is 2.42. The molecule has 3 aromatic carbocycles. The zero-order chi connectivity index (χ0) is 25.3. The largest absolute Gasteiger partial charge is 0.507 e. The minimum Gasteiger partial charge on any atom is -0.507 e. The molecule has 1 unspecified atom stereocenters. The molecule has 0 aliphatic carbocycles. The van der Waals surface area contributed by atoms with Crippen LogP contribution in [0.15, 0.2) is 72.3 Å². The Bertz CT molecular complexity index is 1360. The first-order chi connectivity index (χ1) is 16.7. The number of amides is 1. The number of ether oxygens (including phenoxy) is 1. The van der Waals surface area contributed by atoms with Gasteiger partial charge in [0.1, 0.15) is 5.76 Å². The number of aliphatic hydroxyl groups is 1. The molecule has 0 radical (unpaired) electrons. The molecular formula is C27H21Cl2NO5. The van der Waals surface area contributed by atoms with E-state index in [-0.39, 0.29) is 34.3 Å². The summed E-state index contributed by atoms with van der Waals surface area (Å²) in [7, 11) is 1.31. The minimum absolute atomic E-state index is 0.0578. The molecule has 0 saturated carbocycles. The number of carbonyl (C=O) groups is 3. The number of hydrogen-bond donors (Lipinski definition) is 1. The summed E-state index contributed by atoms with van der Waals surface area (Å²) in [4.78, 5) is 39.5. The van der Waals surface area contributed by atoms with Crippen molar-refractivity contribution >= 4 is 52.3 Å². The van der Waals surface area contributed by atoms with Crippen molar-refractivity contribution in [2.75, 3.05) is 12.0 Å². The lowest BCUT2D eigenvalue weighted by Gasteiger charge is -2.26. The third-order valence-corrected chi connectivity index (χ3v) is 6.53. The molecule has 35 heavy (non-hydrogen) atoms. The molecular weight excluding hydrogens is 489 g/mol. The molecule has 1 atom stereocenters. The molecule has 0 bridgehead atoms. The van der Waals surface area contributed by atoms with Crippen LogP contribution in [0.2, 0.25) is 10.0 Å². The van der Waals surface area contributed by atoms with E-state index in [9.17, 15) is 19.5 Å². The zero-order valence-corrected chi connectivity index (χ0v) is 20.4. The topological polar surface area (TPSA) is 83.9 Å². The molecule has 0 aromatic heterocycles. The summed E-state index contributed by atoms with van der Waals surface area (Å²) in [5.74, 6) is -2.34. The Morgan fingerprint density at radius 2 is 1.71 bits per heavy atom. The Morgan fingerprint density at radius 3 is 2.34 bits per heavy atom. The van der Waals surface area contributed by atoms with Gasteiger partial charge in [-0.05, 0) is 48.4 Å². The van der Waals surface area contributed by atoms with E-state index < -0.39 is 17.7 Å². The number of benzene rings is 3. The van der Waals surface area contributed by atoms with Gasteiger partial charge in [-0.15, -0.1) is 0 Å². The van der Waals surface area contributed by atoms with Crippen LogP contribution in [-0.4, -0.2) is 29.9 Å². The fourth-order valence-electron chi connectivity index (χ4n) is 4.07. The standard InChI is InChI=1S/C27H21Cl2NO5/c1-15-4-3-5-17(12-15)24-23(25(32)18-8-11-20(28)21(29)14-18)26(33)27(34)30(24)19-9-6-16(7-10-19)13-22(31)35-2/h3-12,14,24,32H,13H2,1-2H3/b25-23-. The first-order valence-corrected chi connectivity index (χ1v) is 11.5. The summed E-state index contributed by atoms with van der Waals surface area (Å²) in [6.45, 7) is 1.90. The smallest absolute Gasteiger partial charge is 0.309 e. The summed E-state index contributed by atoms with van der Waals surface area (Å²) < 4.78 is 4.70. The molecule has 3 aromatic rings. The Morgan fingerprint density at radius 1 is 1.00 bits per heavy atom. The van der Waals surface area contributed by atoms with Gasteiger partial charge in [0.25, 0.3) is 11.7 Å². The highest BCUT2D eigenvalue weighted by molar-refractivity contribution is 6.51. The fourth-order valence-corrected chi connectivity index (χ4v) is 4.36. The second-order valence-electron chi connectivity index (χ2n) is 8.13. The van der Waals surface area contributed by atoms with Crippen LogP contribution in [0, 0.1) is 6.92 Å². The van der Waals surface area contributed by atoms with Crippen LogP contribution in [0.5, 0.6) is 0 Å². The van der Waals surface area contributed by atoms with Gasteiger partial charge in [0.15, 0.2) is 0 Å². The number of aliphatic hydroxyl groups excluding tert-OH is 1. The molecule has 1 amide bonds. The number of rotatable bonds is 5. The zero-order valence-electron chi connectivity index (χ0n) is 18.9. The van der Waals surface area contributed by atoms with Crippen LogP contribution in [0.1, 0.15) is 28.3 Å². The van der Waals surface area contributed by atoms with E-state index in [0.29, 0.717) is 21.8 Å². The Kier molecular flexibility index (Phi) is 6.96.